The van der Waals surface area contributed by atoms with Crippen molar-refractivity contribution in [3.63, 3.8) is 0 Å². The Balaban J connectivity index is 1.65. The molecule has 2 aromatic rings. The summed E-state index contributed by atoms with van der Waals surface area (Å²) < 4.78 is 19.4. The first-order chi connectivity index (χ1) is 14.3. The maximum atomic E-state index is 11.3. The number of rotatable bonds is 7. The van der Waals surface area contributed by atoms with Crippen molar-refractivity contribution >= 4 is 34.7 Å². The van der Waals surface area contributed by atoms with Crippen LogP contribution in [0.4, 0.5) is 5.82 Å². The molecule has 1 saturated heterocycles. The number of hydrogen-bond donors (Lipinski definition) is 1. The molecule has 0 bridgehead atoms. The minimum absolute atomic E-state index is 0.0116. The summed E-state index contributed by atoms with van der Waals surface area (Å²) in [6.45, 7) is 7.59. The highest BCUT2D eigenvalue weighted by Crippen LogP contribution is 2.47. The molecule has 30 heavy (non-hydrogen) atoms. The predicted molar refractivity (Wildman–Crippen MR) is 111 cm³/mol. The van der Waals surface area contributed by atoms with Crippen molar-refractivity contribution in [1.82, 2.24) is 25.0 Å². The number of nitrogen functional groups attached to an aromatic ring is 1. The van der Waals surface area contributed by atoms with Crippen LogP contribution < -0.4 is 5.73 Å². The predicted octanol–water partition coefficient (Wildman–Crippen LogP) is 2.34. The summed E-state index contributed by atoms with van der Waals surface area (Å²) in [5.74, 6) is 0.192. The van der Waals surface area contributed by atoms with E-state index in [0.29, 0.717) is 28.6 Å². The number of anilines is 1. The number of nitrogens with two attached hydrogens (primary N) is 1. The van der Waals surface area contributed by atoms with Crippen LogP contribution in [0, 0.1) is 5.92 Å². The largest absolute Gasteiger partial charge is 0.465 e. The first-order valence-electron chi connectivity index (χ1n) is 10.3. The number of thioether (sulfide) groups is 1. The number of aromatic nitrogens is 5. The summed E-state index contributed by atoms with van der Waals surface area (Å²) in [6.07, 6.45) is 2.39. The van der Waals surface area contributed by atoms with Gasteiger partial charge in [0, 0.05) is 18.6 Å². The molecule has 2 aliphatic rings. The Morgan fingerprint density at radius 2 is 2.10 bits per heavy atom. The van der Waals surface area contributed by atoms with E-state index in [1.807, 2.05) is 13.8 Å². The highest BCUT2D eigenvalue weighted by molar-refractivity contribution is 7.99. The fourth-order valence-electron chi connectivity index (χ4n) is 4.11. The molecule has 4 atom stereocenters. The Morgan fingerprint density at radius 3 is 2.83 bits per heavy atom. The average Bonchev–Trinajstić information content (AvgIpc) is 3.31. The fourth-order valence-corrected chi connectivity index (χ4v) is 5.04. The average molecular weight is 437 g/mol. The van der Waals surface area contributed by atoms with Gasteiger partial charge in [0.1, 0.15) is 6.10 Å². The molecule has 2 aromatic heterocycles. The van der Waals surface area contributed by atoms with Crippen molar-refractivity contribution in [3.8, 4) is 0 Å². The van der Waals surface area contributed by atoms with Crippen molar-refractivity contribution in [2.24, 2.45) is 5.92 Å². The Bertz CT molecular complexity index is 935. The molecule has 1 aliphatic carbocycles. The molecule has 0 radical (unpaired) electrons. The minimum atomic E-state index is -0.728. The van der Waals surface area contributed by atoms with Crippen LogP contribution in [0.25, 0.3) is 11.2 Å². The summed E-state index contributed by atoms with van der Waals surface area (Å²) in [4.78, 5) is 20.4. The maximum absolute atomic E-state index is 11.3. The summed E-state index contributed by atoms with van der Waals surface area (Å²) in [5, 5.41) is 9.18. The molecule has 0 unspecified atom stereocenters. The lowest BCUT2D eigenvalue weighted by molar-refractivity contribution is -0.164. The van der Waals surface area contributed by atoms with Gasteiger partial charge in [-0.25, -0.2) is 14.6 Å². The zero-order valence-electron chi connectivity index (χ0n) is 17.7. The van der Waals surface area contributed by atoms with Gasteiger partial charge in [-0.1, -0.05) is 30.3 Å². The zero-order valence-corrected chi connectivity index (χ0v) is 18.5. The number of esters is 1. The van der Waals surface area contributed by atoms with Crippen LogP contribution in [0.2, 0.25) is 0 Å². The van der Waals surface area contributed by atoms with Gasteiger partial charge in [-0.3, -0.25) is 4.79 Å². The first kappa shape index (κ1) is 21.3. The van der Waals surface area contributed by atoms with Crippen molar-refractivity contribution in [2.75, 3.05) is 18.1 Å². The van der Waals surface area contributed by atoms with Crippen LogP contribution in [0.1, 0.15) is 53.0 Å². The van der Waals surface area contributed by atoms with Crippen molar-refractivity contribution in [1.29, 1.82) is 0 Å². The Hall–Kier alpha value is -1.98. The Kier molecular flexibility index (Phi) is 5.86. The van der Waals surface area contributed by atoms with Gasteiger partial charge < -0.3 is 19.9 Å². The normalized spacial score (nSPS) is 27.5. The topological polar surface area (TPSA) is 127 Å². The summed E-state index contributed by atoms with van der Waals surface area (Å²) in [5.41, 5.74) is 7.21. The zero-order chi connectivity index (χ0) is 21.5. The first-order valence-corrected chi connectivity index (χ1v) is 11.3. The molecule has 164 valence electrons. The van der Waals surface area contributed by atoms with Crippen LogP contribution in [0.5, 0.6) is 0 Å². The van der Waals surface area contributed by atoms with Gasteiger partial charge in [-0.15, -0.1) is 5.10 Å². The minimum Gasteiger partial charge on any atom is -0.465 e. The van der Waals surface area contributed by atoms with E-state index in [9.17, 15) is 4.79 Å². The number of unbranched alkanes of at least 4 members (excludes halogenated alkanes) is 1. The summed E-state index contributed by atoms with van der Waals surface area (Å²) in [6, 6.07) is -0.162. The molecule has 2 N–H and O–H groups in total. The monoisotopic (exact) mass is 436 g/mol. The van der Waals surface area contributed by atoms with Gasteiger partial charge in [0.2, 0.25) is 0 Å². The summed E-state index contributed by atoms with van der Waals surface area (Å²) in [7, 11) is 0. The number of ether oxygens (including phenoxy) is 3. The van der Waals surface area contributed by atoms with E-state index in [4.69, 9.17) is 24.9 Å². The molecular formula is C19H28N6O4S. The molecule has 0 amide bonds. The molecule has 3 heterocycles. The Labute approximate surface area is 179 Å². The quantitative estimate of drug-likeness (QED) is 0.299. The van der Waals surface area contributed by atoms with E-state index >= 15 is 0 Å². The molecule has 10 nitrogen and oxygen atoms in total. The SMILES string of the molecule is CCCCSc1nc(N)c2nnn([C@@H]3C[C@H](COC(C)=O)[C@H]4OC(C)(C)O[C@H]43)c2n1. The van der Waals surface area contributed by atoms with Gasteiger partial charge in [-0.2, -0.15) is 0 Å². The van der Waals surface area contributed by atoms with Crippen LogP contribution in [-0.2, 0) is 19.0 Å². The third-order valence-corrected chi connectivity index (χ3v) is 6.36. The molecule has 1 saturated carbocycles. The van der Waals surface area contributed by atoms with Gasteiger partial charge >= 0.3 is 5.97 Å². The number of carbonyl (C=O) groups excluding carboxylic acids is 1. The van der Waals surface area contributed by atoms with Crippen LogP contribution >= 0.6 is 11.8 Å². The highest BCUT2D eigenvalue weighted by atomic mass is 32.2. The second kappa shape index (κ2) is 8.27. The van der Waals surface area contributed by atoms with Gasteiger partial charge in [0.05, 0.1) is 18.8 Å². The van der Waals surface area contributed by atoms with E-state index in [1.165, 1.54) is 6.92 Å². The van der Waals surface area contributed by atoms with Crippen LogP contribution in [0.3, 0.4) is 0 Å². The lowest BCUT2D eigenvalue weighted by Crippen LogP contribution is -2.29. The molecule has 2 fully saturated rings. The molecule has 0 aromatic carbocycles. The van der Waals surface area contributed by atoms with Crippen molar-refractivity contribution in [3.05, 3.63) is 0 Å². The van der Waals surface area contributed by atoms with E-state index in [1.54, 1.807) is 16.4 Å². The summed E-state index contributed by atoms with van der Waals surface area (Å²) >= 11 is 1.58. The second-order valence-corrected chi connectivity index (χ2v) is 9.29. The third kappa shape index (κ3) is 4.10. The van der Waals surface area contributed by atoms with E-state index in [-0.39, 0.29) is 36.7 Å². The third-order valence-electron chi connectivity index (χ3n) is 5.43. The smallest absolute Gasteiger partial charge is 0.302 e. The molecule has 0 spiro atoms. The van der Waals surface area contributed by atoms with Crippen LogP contribution in [0.15, 0.2) is 5.16 Å². The molecule has 1 aliphatic heterocycles. The molecule has 11 heteroatoms. The number of hydrogen-bond acceptors (Lipinski definition) is 10. The molecule has 4 rings (SSSR count). The van der Waals surface area contributed by atoms with Crippen molar-refractivity contribution < 1.29 is 19.0 Å². The van der Waals surface area contributed by atoms with Gasteiger partial charge in [-0.05, 0) is 26.7 Å². The highest BCUT2D eigenvalue weighted by Gasteiger charge is 2.55. The van der Waals surface area contributed by atoms with Gasteiger partial charge in [0.15, 0.2) is 27.9 Å². The molecular weight excluding hydrogens is 408 g/mol. The van der Waals surface area contributed by atoms with Gasteiger partial charge in [0.25, 0.3) is 0 Å². The lowest BCUT2D eigenvalue weighted by Gasteiger charge is -2.23. The fraction of sp³-hybridized carbons (Fsp3) is 0.737. The van der Waals surface area contributed by atoms with E-state index in [2.05, 4.69) is 22.2 Å². The standard InChI is InChI=1S/C19H28N6O4S/c1-5-6-7-30-18-21-16(20)13-17(22-18)25(24-23-13)12-8-11(9-27-10(2)26)14-15(12)29-19(3,4)28-14/h11-12,14-15H,5-9H2,1-4H3,(H2,20,21,22)/t11-,12-,14-,15+/m1/s1. The van der Waals surface area contributed by atoms with Crippen molar-refractivity contribution in [2.45, 2.75) is 76.2 Å². The number of fused-ring (bicyclic) bond motifs is 2. The number of nitrogens with zero attached hydrogens (tertiary/aromatic N) is 5. The maximum Gasteiger partial charge on any atom is 0.302 e. The van der Waals surface area contributed by atoms with Crippen LogP contribution in [-0.4, -0.2) is 61.3 Å². The second-order valence-electron chi connectivity index (χ2n) is 8.23. The number of carbonyl (C=O) groups is 1. The lowest BCUT2D eigenvalue weighted by atomic mass is 10.1. The Morgan fingerprint density at radius 1 is 1.33 bits per heavy atom. The van der Waals surface area contributed by atoms with E-state index < -0.39 is 5.79 Å². The van der Waals surface area contributed by atoms with E-state index in [0.717, 1.165) is 18.6 Å².